The highest BCUT2D eigenvalue weighted by atomic mass is 16.2. The maximum atomic E-state index is 12.1. The molecule has 0 radical (unpaired) electrons. The number of fused-ring (bicyclic) bond motifs is 1. The quantitative estimate of drug-likeness (QED) is 0.591. The van der Waals surface area contributed by atoms with Gasteiger partial charge in [-0.3, -0.25) is 9.78 Å². The lowest BCUT2D eigenvalue weighted by molar-refractivity contribution is -0.111. The molecule has 0 fully saturated rings. The summed E-state index contributed by atoms with van der Waals surface area (Å²) in [6, 6.07) is 14.2. The molecule has 0 spiro atoms. The van der Waals surface area contributed by atoms with Gasteiger partial charge < -0.3 is 16.0 Å². The number of urea groups is 1. The molecular weight excluding hydrogens is 354 g/mol. The molecule has 7 heteroatoms. The van der Waals surface area contributed by atoms with Crippen LogP contribution in [0.15, 0.2) is 60.8 Å². The molecule has 3 aromatic rings. The Morgan fingerprint density at radius 2 is 1.57 bits per heavy atom. The number of rotatable bonds is 5. The highest BCUT2D eigenvalue weighted by Crippen LogP contribution is 2.14. The van der Waals surface area contributed by atoms with Gasteiger partial charge in [0.15, 0.2) is 0 Å². The lowest BCUT2D eigenvalue weighted by Crippen LogP contribution is -2.34. The van der Waals surface area contributed by atoms with Gasteiger partial charge in [0.1, 0.15) is 0 Å². The van der Waals surface area contributed by atoms with Crippen LogP contribution in [0.5, 0.6) is 0 Å². The summed E-state index contributed by atoms with van der Waals surface area (Å²) in [5.74, 6) is -0.284. The van der Waals surface area contributed by atoms with Gasteiger partial charge in [0.2, 0.25) is 5.91 Å². The van der Waals surface area contributed by atoms with E-state index in [1.54, 1.807) is 36.5 Å². The van der Waals surface area contributed by atoms with Crippen LogP contribution < -0.4 is 16.0 Å². The summed E-state index contributed by atoms with van der Waals surface area (Å²) in [6.07, 6.45) is 4.64. The highest BCUT2D eigenvalue weighted by molar-refractivity contribution is 6.02. The number of hydrogen-bond acceptors (Lipinski definition) is 4. The summed E-state index contributed by atoms with van der Waals surface area (Å²) >= 11 is 0. The van der Waals surface area contributed by atoms with Crippen molar-refractivity contribution in [1.29, 1.82) is 0 Å². The summed E-state index contributed by atoms with van der Waals surface area (Å²) in [4.78, 5) is 32.5. The van der Waals surface area contributed by atoms with Crippen molar-refractivity contribution < 1.29 is 9.59 Å². The first-order valence-corrected chi connectivity index (χ1v) is 8.88. The Morgan fingerprint density at radius 1 is 0.929 bits per heavy atom. The molecule has 3 N–H and O–H groups in total. The van der Waals surface area contributed by atoms with Crippen LogP contribution in [0.1, 0.15) is 19.5 Å². The van der Waals surface area contributed by atoms with Gasteiger partial charge in [0, 0.05) is 23.5 Å². The Balaban J connectivity index is 1.57. The summed E-state index contributed by atoms with van der Waals surface area (Å²) < 4.78 is 0. The second-order valence-corrected chi connectivity index (χ2v) is 6.44. The van der Waals surface area contributed by atoms with E-state index >= 15 is 0 Å². The van der Waals surface area contributed by atoms with E-state index in [4.69, 9.17) is 0 Å². The van der Waals surface area contributed by atoms with Crippen molar-refractivity contribution in [1.82, 2.24) is 15.3 Å². The fraction of sp³-hybridized carbons (Fsp3) is 0.143. The van der Waals surface area contributed by atoms with Crippen molar-refractivity contribution in [2.45, 2.75) is 19.9 Å². The number of amides is 3. The number of aromatic nitrogens is 2. The molecule has 0 aliphatic carbocycles. The second-order valence-electron chi connectivity index (χ2n) is 6.44. The number of carbonyl (C=O) groups is 2. The first-order valence-electron chi connectivity index (χ1n) is 8.88. The lowest BCUT2D eigenvalue weighted by atomic mass is 10.2. The molecule has 1 aromatic heterocycles. The van der Waals surface area contributed by atoms with Crippen LogP contribution in [-0.2, 0) is 4.79 Å². The maximum absolute atomic E-state index is 12.1. The number of carbonyl (C=O) groups excluding carboxylic acids is 2. The van der Waals surface area contributed by atoms with Gasteiger partial charge in [-0.05, 0) is 56.3 Å². The molecule has 7 nitrogen and oxygen atoms in total. The third-order valence-electron chi connectivity index (χ3n) is 3.70. The van der Waals surface area contributed by atoms with Gasteiger partial charge in [0.25, 0.3) is 0 Å². The Morgan fingerprint density at radius 3 is 2.25 bits per heavy atom. The molecule has 142 valence electrons. The fourth-order valence-electron chi connectivity index (χ4n) is 2.46. The van der Waals surface area contributed by atoms with Crippen molar-refractivity contribution in [2.24, 2.45) is 0 Å². The molecular formula is C21H21N5O2. The largest absolute Gasteiger partial charge is 0.336 e. The summed E-state index contributed by atoms with van der Waals surface area (Å²) in [7, 11) is 0. The SMILES string of the molecule is CC(C)NC(=O)Nc1ccc(NC(=O)/C=C/c2cnc3ccccc3n2)cc1. The van der Waals surface area contributed by atoms with E-state index in [2.05, 4.69) is 25.9 Å². The molecule has 2 aromatic carbocycles. The van der Waals surface area contributed by atoms with Gasteiger partial charge >= 0.3 is 6.03 Å². The van der Waals surface area contributed by atoms with Crippen molar-refractivity contribution in [3.63, 3.8) is 0 Å². The van der Waals surface area contributed by atoms with Crippen molar-refractivity contribution in [2.75, 3.05) is 10.6 Å². The zero-order valence-corrected chi connectivity index (χ0v) is 15.6. The van der Waals surface area contributed by atoms with E-state index < -0.39 is 0 Å². The molecule has 0 saturated heterocycles. The average molecular weight is 375 g/mol. The van der Waals surface area contributed by atoms with Gasteiger partial charge in [0.05, 0.1) is 22.9 Å². The van der Waals surface area contributed by atoms with Crippen LogP contribution in [0, 0.1) is 0 Å². The average Bonchev–Trinajstić information content (AvgIpc) is 2.67. The van der Waals surface area contributed by atoms with Crippen molar-refractivity contribution >= 4 is 40.4 Å². The standard InChI is InChI=1S/C21H21N5O2/c1-14(2)23-21(28)26-16-9-7-15(8-10-16)25-20(27)12-11-17-13-22-18-5-3-4-6-19(18)24-17/h3-14H,1-2H3,(H,25,27)(H2,23,26,28)/b12-11+. The van der Waals surface area contributed by atoms with Crippen molar-refractivity contribution in [3.05, 3.63) is 66.5 Å². The minimum Gasteiger partial charge on any atom is -0.336 e. The molecule has 0 aliphatic heterocycles. The Hall–Kier alpha value is -3.74. The van der Waals surface area contributed by atoms with E-state index in [0.29, 0.717) is 17.1 Å². The van der Waals surface area contributed by atoms with Gasteiger partial charge in [-0.25, -0.2) is 9.78 Å². The monoisotopic (exact) mass is 375 g/mol. The van der Waals surface area contributed by atoms with Crippen LogP contribution in [0.2, 0.25) is 0 Å². The van der Waals surface area contributed by atoms with E-state index in [-0.39, 0.29) is 18.0 Å². The predicted octanol–water partition coefficient (Wildman–Crippen LogP) is 3.81. The molecule has 0 unspecified atom stereocenters. The lowest BCUT2D eigenvalue weighted by Gasteiger charge is -2.10. The molecule has 0 aliphatic rings. The maximum Gasteiger partial charge on any atom is 0.319 e. The number of anilines is 2. The fourth-order valence-corrected chi connectivity index (χ4v) is 2.46. The van der Waals surface area contributed by atoms with E-state index in [9.17, 15) is 9.59 Å². The Bertz CT molecular complexity index is 1010. The minimum absolute atomic E-state index is 0.0534. The molecule has 0 atom stereocenters. The third kappa shape index (κ3) is 5.38. The summed E-state index contributed by atoms with van der Waals surface area (Å²) in [5.41, 5.74) is 3.44. The van der Waals surface area contributed by atoms with Gasteiger partial charge in [-0.1, -0.05) is 12.1 Å². The molecule has 0 bridgehead atoms. The minimum atomic E-state index is -0.284. The van der Waals surface area contributed by atoms with Gasteiger partial charge in [-0.2, -0.15) is 0 Å². The zero-order valence-electron chi connectivity index (χ0n) is 15.6. The van der Waals surface area contributed by atoms with Crippen molar-refractivity contribution in [3.8, 4) is 0 Å². The zero-order chi connectivity index (χ0) is 19.9. The van der Waals surface area contributed by atoms with E-state index in [1.165, 1.54) is 6.08 Å². The molecule has 0 saturated carbocycles. The number of nitrogens with one attached hydrogen (secondary N) is 3. The topological polar surface area (TPSA) is 96.0 Å². The number of hydrogen-bond donors (Lipinski definition) is 3. The van der Waals surface area contributed by atoms with Crippen LogP contribution in [0.25, 0.3) is 17.1 Å². The molecule has 3 rings (SSSR count). The molecule has 1 heterocycles. The highest BCUT2D eigenvalue weighted by Gasteiger charge is 2.04. The number of nitrogens with zero attached hydrogens (tertiary/aromatic N) is 2. The smallest absolute Gasteiger partial charge is 0.319 e. The normalized spacial score (nSPS) is 11.0. The van der Waals surface area contributed by atoms with Crippen LogP contribution in [-0.4, -0.2) is 27.9 Å². The summed E-state index contributed by atoms with van der Waals surface area (Å²) in [5, 5.41) is 8.22. The first kappa shape index (κ1) is 19.0. The molecule has 3 amide bonds. The van der Waals surface area contributed by atoms with E-state index in [0.717, 1.165) is 11.0 Å². The Kier molecular flexibility index (Phi) is 5.96. The molecule has 28 heavy (non-hydrogen) atoms. The first-order chi connectivity index (χ1) is 13.5. The predicted molar refractivity (Wildman–Crippen MR) is 111 cm³/mol. The van der Waals surface area contributed by atoms with Crippen LogP contribution >= 0.6 is 0 Å². The van der Waals surface area contributed by atoms with Gasteiger partial charge in [-0.15, -0.1) is 0 Å². The van der Waals surface area contributed by atoms with Crippen LogP contribution in [0.3, 0.4) is 0 Å². The summed E-state index contributed by atoms with van der Waals surface area (Å²) in [6.45, 7) is 3.77. The Labute approximate surface area is 162 Å². The van der Waals surface area contributed by atoms with Crippen LogP contribution in [0.4, 0.5) is 16.2 Å². The van der Waals surface area contributed by atoms with E-state index in [1.807, 2.05) is 38.1 Å². The second kappa shape index (κ2) is 8.77. The third-order valence-corrected chi connectivity index (χ3v) is 3.70. The number of benzene rings is 2. The number of para-hydroxylation sites is 2.